The molecule has 0 spiro atoms. The maximum absolute atomic E-state index is 5.78. The Morgan fingerprint density at radius 3 is 2.58 bits per heavy atom. The molecule has 0 amide bonds. The molecule has 1 aliphatic heterocycles. The number of morpholine rings is 1. The average molecular weight is 267 g/mol. The highest BCUT2D eigenvalue weighted by Gasteiger charge is 2.22. The molecule has 1 heterocycles. The lowest BCUT2D eigenvalue weighted by Gasteiger charge is -2.26. The van der Waals surface area contributed by atoms with Crippen molar-refractivity contribution in [2.75, 3.05) is 41.0 Å². The number of ether oxygens (including phenoxy) is 4. The van der Waals surface area contributed by atoms with Crippen molar-refractivity contribution >= 4 is 0 Å². The third-order valence-corrected chi connectivity index (χ3v) is 3.21. The molecule has 0 radical (unpaired) electrons. The Balaban J connectivity index is 2.35. The Morgan fingerprint density at radius 1 is 1.21 bits per heavy atom. The summed E-state index contributed by atoms with van der Waals surface area (Å²) in [6, 6.07) is 3.93. The lowest BCUT2D eigenvalue weighted by Crippen LogP contribution is -2.33. The molecule has 106 valence electrons. The van der Waals surface area contributed by atoms with Crippen molar-refractivity contribution in [1.29, 1.82) is 0 Å². The summed E-state index contributed by atoms with van der Waals surface area (Å²) in [5, 5.41) is 3.32. The van der Waals surface area contributed by atoms with Gasteiger partial charge < -0.3 is 24.3 Å². The normalized spacial score (nSPS) is 19.2. The molecular weight excluding hydrogens is 246 g/mol. The molecule has 2 rings (SSSR count). The highest BCUT2D eigenvalue weighted by molar-refractivity contribution is 5.47. The van der Waals surface area contributed by atoms with E-state index in [1.807, 2.05) is 12.1 Å². The van der Waals surface area contributed by atoms with Gasteiger partial charge >= 0.3 is 0 Å². The van der Waals surface area contributed by atoms with Crippen molar-refractivity contribution < 1.29 is 18.9 Å². The maximum atomic E-state index is 5.78. The quantitative estimate of drug-likeness (QED) is 0.876. The van der Waals surface area contributed by atoms with E-state index < -0.39 is 0 Å². The molecule has 1 unspecified atom stereocenters. The second-order valence-corrected chi connectivity index (χ2v) is 4.40. The van der Waals surface area contributed by atoms with Gasteiger partial charge in [-0.25, -0.2) is 0 Å². The van der Waals surface area contributed by atoms with Crippen LogP contribution in [0.4, 0.5) is 0 Å². The molecule has 19 heavy (non-hydrogen) atoms. The Morgan fingerprint density at radius 2 is 2.00 bits per heavy atom. The van der Waals surface area contributed by atoms with Crippen LogP contribution in [-0.2, 0) is 16.1 Å². The van der Waals surface area contributed by atoms with E-state index in [2.05, 4.69) is 5.32 Å². The van der Waals surface area contributed by atoms with E-state index in [-0.39, 0.29) is 6.10 Å². The minimum absolute atomic E-state index is 0.00538. The highest BCUT2D eigenvalue weighted by Crippen LogP contribution is 2.35. The molecule has 1 saturated heterocycles. The van der Waals surface area contributed by atoms with Crippen LogP contribution in [0.2, 0.25) is 0 Å². The topological polar surface area (TPSA) is 49.0 Å². The molecule has 5 heteroatoms. The summed E-state index contributed by atoms with van der Waals surface area (Å²) in [6.07, 6.45) is -0.00538. The third kappa shape index (κ3) is 3.18. The van der Waals surface area contributed by atoms with Crippen LogP contribution in [-0.4, -0.2) is 41.0 Å². The molecule has 1 aliphatic rings. The second kappa shape index (κ2) is 6.75. The van der Waals surface area contributed by atoms with Crippen molar-refractivity contribution in [3.63, 3.8) is 0 Å². The number of nitrogens with one attached hydrogen (secondary N) is 1. The van der Waals surface area contributed by atoms with Crippen molar-refractivity contribution in [1.82, 2.24) is 5.32 Å². The molecule has 5 nitrogen and oxygen atoms in total. The number of hydrogen-bond donors (Lipinski definition) is 1. The summed E-state index contributed by atoms with van der Waals surface area (Å²) in [7, 11) is 4.98. The fourth-order valence-corrected chi connectivity index (χ4v) is 2.27. The summed E-state index contributed by atoms with van der Waals surface area (Å²) >= 11 is 0. The Bertz CT molecular complexity index is 416. The number of benzene rings is 1. The van der Waals surface area contributed by atoms with Gasteiger partial charge in [-0.05, 0) is 12.1 Å². The number of rotatable bonds is 5. The van der Waals surface area contributed by atoms with Gasteiger partial charge in [-0.3, -0.25) is 0 Å². The zero-order valence-electron chi connectivity index (χ0n) is 11.7. The van der Waals surface area contributed by atoms with Crippen molar-refractivity contribution in [3.8, 4) is 11.5 Å². The fraction of sp³-hybridized carbons (Fsp3) is 0.571. The fourth-order valence-electron chi connectivity index (χ4n) is 2.27. The zero-order chi connectivity index (χ0) is 13.7. The van der Waals surface area contributed by atoms with Gasteiger partial charge in [0.2, 0.25) is 0 Å². The van der Waals surface area contributed by atoms with Gasteiger partial charge in [-0.2, -0.15) is 0 Å². The largest absolute Gasteiger partial charge is 0.496 e. The van der Waals surface area contributed by atoms with Crippen molar-refractivity contribution in [3.05, 3.63) is 23.3 Å². The van der Waals surface area contributed by atoms with Crippen LogP contribution in [0.3, 0.4) is 0 Å². The van der Waals surface area contributed by atoms with Crippen molar-refractivity contribution in [2.45, 2.75) is 12.7 Å². The number of methoxy groups -OCH3 is 3. The molecule has 0 aromatic heterocycles. The summed E-state index contributed by atoms with van der Waals surface area (Å²) in [5.74, 6) is 1.60. The minimum atomic E-state index is -0.00538. The van der Waals surface area contributed by atoms with E-state index in [0.29, 0.717) is 13.2 Å². The van der Waals surface area contributed by atoms with E-state index in [4.69, 9.17) is 18.9 Å². The van der Waals surface area contributed by atoms with Gasteiger partial charge in [0.15, 0.2) is 0 Å². The Hall–Kier alpha value is -1.30. The van der Waals surface area contributed by atoms with Crippen LogP contribution in [0.15, 0.2) is 12.1 Å². The SMILES string of the molecule is COCc1cc(OC)c(C2CNCCO2)cc1OC. The first-order valence-electron chi connectivity index (χ1n) is 6.36. The maximum Gasteiger partial charge on any atom is 0.125 e. The van der Waals surface area contributed by atoms with Crippen LogP contribution in [0.1, 0.15) is 17.2 Å². The van der Waals surface area contributed by atoms with E-state index in [0.717, 1.165) is 35.7 Å². The smallest absolute Gasteiger partial charge is 0.125 e. The summed E-state index contributed by atoms with van der Waals surface area (Å²) in [4.78, 5) is 0. The molecule has 0 aliphatic carbocycles. The molecule has 1 aromatic carbocycles. The van der Waals surface area contributed by atoms with Crippen molar-refractivity contribution in [2.24, 2.45) is 0 Å². The van der Waals surface area contributed by atoms with Gasteiger partial charge in [0.25, 0.3) is 0 Å². The first-order chi connectivity index (χ1) is 9.30. The van der Waals surface area contributed by atoms with E-state index in [1.54, 1.807) is 21.3 Å². The van der Waals surface area contributed by atoms with Crippen LogP contribution in [0, 0.1) is 0 Å². The first kappa shape index (κ1) is 14.1. The predicted molar refractivity (Wildman–Crippen MR) is 71.8 cm³/mol. The Kier molecular flexibility index (Phi) is 5.01. The molecule has 0 bridgehead atoms. The minimum Gasteiger partial charge on any atom is -0.496 e. The lowest BCUT2D eigenvalue weighted by atomic mass is 10.0. The molecule has 1 N–H and O–H groups in total. The third-order valence-electron chi connectivity index (χ3n) is 3.21. The van der Waals surface area contributed by atoms with Gasteiger partial charge in [0.1, 0.15) is 11.5 Å². The predicted octanol–water partition coefficient (Wildman–Crippen LogP) is 1.51. The van der Waals surface area contributed by atoms with Crippen LogP contribution in [0.25, 0.3) is 0 Å². The van der Waals surface area contributed by atoms with Gasteiger partial charge in [-0.15, -0.1) is 0 Å². The molecule has 1 aromatic rings. The molecule has 1 atom stereocenters. The Labute approximate surface area is 113 Å². The standard InChI is InChI=1S/C14H21NO4/c1-16-9-10-6-13(18-3)11(7-12(10)17-2)14-8-15-4-5-19-14/h6-7,14-15H,4-5,8-9H2,1-3H3. The van der Waals surface area contributed by atoms with Gasteiger partial charge in [0.05, 0.1) is 33.5 Å². The van der Waals surface area contributed by atoms with Gasteiger partial charge in [0, 0.05) is 31.3 Å². The van der Waals surface area contributed by atoms with Crippen LogP contribution in [0.5, 0.6) is 11.5 Å². The summed E-state index contributed by atoms with van der Waals surface area (Å²) in [5.41, 5.74) is 1.97. The molecular formula is C14H21NO4. The van der Waals surface area contributed by atoms with E-state index in [1.165, 1.54) is 0 Å². The van der Waals surface area contributed by atoms with Crippen LogP contribution < -0.4 is 14.8 Å². The lowest BCUT2D eigenvalue weighted by molar-refractivity contribution is 0.0261. The second-order valence-electron chi connectivity index (χ2n) is 4.40. The number of hydrogen-bond acceptors (Lipinski definition) is 5. The first-order valence-corrected chi connectivity index (χ1v) is 6.36. The van der Waals surface area contributed by atoms with E-state index in [9.17, 15) is 0 Å². The summed E-state index contributed by atoms with van der Waals surface area (Å²) in [6.45, 7) is 2.86. The highest BCUT2D eigenvalue weighted by atomic mass is 16.5. The monoisotopic (exact) mass is 267 g/mol. The van der Waals surface area contributed by atoms with E-state index >= 15 is 0 Å². The molecule has 0 saturated carbocycles. The summed E-state index contributed by atoms with van der Waals surface area (Å²) < 4.78 is 21.8. The molecule has 1 fully saturated rings. The van der Waals surface area contributed by atoms with Crippen LogP contribution >= 0.6 is 0 Å². The zero-order valence-corrected chi connectivity index (χ0v) is 11.7. The van der Waals surface area contributed by atoms with Gasteiger partial charge in [-0.1, -0.05) is 0 Å². The average Bonchev–Trinajstić information content (AvgIpc) is 2.48.